The van der Waals surface area contributed by atoms with Gasteiger partial charge in [0.15, 0.2) is 0 Å². The minimum atomic E-state index is -0.509. The van der Waals surface area contributed by atoms with E-state index in [4.69, 9.17) is 4.74 Å². The van der Waals surface area contributed by atoms with E-state index >= 15 is 0 Å². The Bertz CT molecular complexity index is 585. The maximum absolute atomic E-state index is 10.6. The first-order valence-electron chi connectivity index (χ1n) is 8.27. The van der Waals surface area contributed by atoms with E-state index < -0.39 is 6.10 Å². The monoisotopic (exact) mass is 313 g/mol. The van der Waals surface area contributed by atoms with Crippen LogP contribution in [-0.4, -0.2) is 29.7 Å². The normalized spacial score (nSPS) is 13.8. The average Bonchev–Trinajstić information content (AvgIpc) is 2.60. The second-order valence-corrected chi connectivity index (χ2v) is 5.97. The van der Waals surface area contributed by atoms with Crippen LogP contribution in [0, 0.1) is 0 Å². The van der Waals surface area contributed by atoms with E-state index in [1.54, 1.807) is 0 Å². The van der Waals surface area contributed by atoms with Gasteiger partial charge in [-0.3, -0.25) is 4.90 Å². The minimum Gasteiger partial charge on any atom is -0.493 e. The van der Waals surface area contributed by atoms with E-state index in [-0.39, 0.29) is 6.04 Å². The van der Waals surface area contributed by atoms with Crippen LogP contribution in [0.3, 0.4) is 0 Å². The molecule has 2 aromatic carbocycles. The van der Waals surface area contributed by atoms with Crippen molar-refractivity contribution in [2.45, 2.75) is 39.0 Å². The first-order chi connectivity index (χ1) is 11.1. The van der Waals surface area contributed by atoms with Gasteiger partial charge < -0.3 is 9.84 Å². The molecule has 23 heavy (non-hydrogen) atoms. The lowest BCUT2D eigenvalue weighted by molar-refractivity contribution is 0.0683. The first kappa shape index (κ1) is 17.5. The fraction of sp³-hybridized carbons (Fsp3) is 0.400. The summed E-state index contributed by atoms with van der Waals surface area (Å²) in [5.41, 5.74) is 2.10. The van der Waals surface area contributed by atoms with Crippen LogP contribution in [0.25, 0.3) is 0 Å². The van der Waals surface area contributed by atoms with E-state index in [0.29, 0.717) is 0 Å². The second kappa shape index (κ2) is 8.70. The molecule has 0 saturated carbocycles. The number of nitrogens with zero attached hydrogens (tertiary/aromatic N) is 1. The van der Waals surface area contributed by atoms with Crippen LogP contribution in [0.2, 0.25) is 0 Å². The molecule has 0 spiro atoms. The van der Waals surface area contributed by atoms with Gasteiger partial charge >= 0.3 is 0 Å². The molecule has 3 nitrogen and oxygen atoms in total. The van der Waals surface area contributed by atoms with Gasteiger partial charge in [0, 0.05) is 18.2 Å². The van der Waals surface area contributed by atoms with Gasteiger partial charge in [-0.15, -0.1) is 0 Å². The highest BCUT2D eigenvalue weighted by molar-refractivity contribution is 5.33. The number of ether oxygens (including phenoxy) is 1. The van der Waals surface area contributed by atoms with Gasteiger partial charge in [-0.05, 0) is 32.0 Å². The summed E-state index contributed by atoms with van der Waals surface area (Å²) in [4.78, 5) is 2.16. The van der Waals surface area contributed by atoms with Crippen LogP contribution >= 0.6 is 0 Å². The smallest absolute Gasteiger partial charge is 0.123 e. The molecule has 124 valence electrons. The van der Waals surface area contributed by atoms with E-state index in [1.807, 2.05) is 62.5 Å². The molecule has 0 aliphatic carbocycles. The SMILES string of the molecule is CCCOc1ccccc1CN(C)C(C)C(O)c1ccccc1. The number of rotatable bonds is 8. The average molecular weight is 313 g/mol. The molecule has 0 aliphatic rings. The van der Waals surface area contributed by atoms with Gasteiger partial charge in [-0.2, -0.15) is 0 Å². The summed E-state index contributed by atoms with van der Waals surface area (Å²) in [5.74, 6) is 0.933. The van der Waals surface area contributed by atoms with Gasteiger partial charge in [0.1, 0.15) is 5.75 Å². The topological polar surface area (TPSA) is 32.7 Å². The molecule has 0 saturated heterocycles. The molecule has 0 aliphatic heterocycles. The Kier molecular flexibility index (Phi) is 6.63. The highest BCUT2D eigenvalue weighted by Gasteiger charge is 2.21. The third-order valence-electron chi connectivity index (χ3n) is 4.15. The lowest BCUT2D eigenvalue weighted by Gasteiger charge is -2.29. The molecule has 0 aromatic heterocycles. The second-order valence-electron chi connectivity index (χ2n) is 5.97. The third-order valence-corrected chi connectivity index (χ3v) is 4.15. The molecule has 2 atom stereocenters. The molecule has 2 aromatic rings. The quantitative estimate of drug-likeness (QED) is 0.798. The van der Waals surface area contributed by atoms with Crippen molar-refractivity contribution in [3.8, 4) is 5.75 Å². The van der Waals surface area contributed by atoms with Gasteiger partial charge in [0.25, 0.3) is 0 Å². The lowest BCUT2D eigenvalue weighted by Crippen LogP contribution is -2.34. The zero-order valence-electron chi connectivity index (χ0n) is 14.3. The van der Waals surface area contributed by atoms with Crippen molar-refractivity contribution in [1.29, 1.82) is 0 Å². The number of para-hydroxylation sites is 1. The number of hydrogen-bond donors (Lipinski definition) is 1. The standard InChI is InChI=1S/C20H27NO2/c1-4-14-23-19-13-9-8-12-18(19)15-21(3)16(2)20(22)17-10-6-5-7-11-17/h5-13,16,20,22H,4,14-15H2,1-3H3. The summed E-state index contributed by atoms with van der Waals surface area (Å²) in [6, 6.07) is 17.9. The van der Waals surface area contributed by atoms with Crippen LogP contribution in [-0.2, 0) is 6.54 Å². The van der Waals surface area contributed by atoms with Crippen molar-refractivity contribution in [3.63, 3.8) is 0 Å². The van der Waals surface area contributed by atoms with Crippen molar-refractivity contribution in [2.24, 2.45) is 0 Å². The molecule has 1 N–H and O–H groups in total. The first-order valence-corrected chi connectivity index (χ1v) is 8.27. The molecular formula is C20H27NO2. The molecule has 0 heterocycles. The molecule has 0 amide bonds. The number of benzene rings is 2. The Morgan fingerprint density at radius 3 is 2.39 bits per heavy atom. The fourth-order valence-corrected chi connectivity index (χ4v) is 2.57. The Labute approximate surface area is 139 Å². The fourth-order valence-electron chi connectivity index (χ4n) is 2.57. The van der Waals surface area contributed by atoms with E-state index in [9.17, 15) is 5.11 Å². The van der Waals surface area contributed by atoms with E-state index in [2.05, 4.69) is 17.9 Å². The summed E-state index contributed by atoms with van der Waals surface area (Å²) in [6.45, 7) is 5.62. The largest absolute Gasteiger partial charge is 0.493 e. The number of aliphatic hydroxyl groups is 1. The molecule has 2 unspecified atom stereocenters. The molecule has 0 bridgehead atoms. The Morgan fingerprint density at radius 1 is 1.04 bits per heavy atom. The van der Waals surface area contributed by atoms with Gasteiger partial charge in [-0.1, -0.05) is 55.5 Å². The Hall–Kier alpha value is -1.84. The van der Waals surface area contributed by atoms with Crippen LogP contribution in [0.1, 0.15) is 37.5 Å². The highest BCUT2D eigenvalue weighted by Crippen LogP contribution is 2.24. The van der Waals surface area contributed by atoms with Crippen molar-refractivity contribution in [2.75, 3.05) is 13.7 Å². The summed E-state index contributed by atoms with van der Waals surface area (Å²) in [6.07, 6.45) is 0.484. The predicted molar refractivity (Wildman–Crippen MR) is 94.6 cm³/mol. The van der Waals surface area contributed by atoms with Crippen molar-refractivity contribution in [1.82, 2.24) is 4.90 Å². The maximum Gasteiger partial charge on any atom is 0.123 e. The zero-order valence-corrected chi connectivity index (χ0v) is 14.3. The number of likely N-dealkylation sites (N-methyl/N-ethyl adjacent to an activating group) is 1. The van der Waals surface area contributed by atoms with Crippen LogP contribution in [0.15, 0.2) is 54.6 Å². The summed E-state index contributed by atoms with van der Waals surface area (Å²) < 4.78 is 5.82. The summed E-state index contributed by atoms with van der Waals surface area (Å²) in [7, 11) is 2.04. The van der Waals surface area contributed by atoms with E-state index in [1.165, 1.54) is 0 Å². The maximum atomic E-state index is 10.6. The Morgan fingerprint density at radius 2 is 1.70 bits per heavy atom. The van der Waals surface area contributed by atoms with Crippen LogP contribution in [0.4, 0.5) is 0 Å². The Balaban J connectivity index is 2.05. The number of hydrogen-bond acceptors (Lipinski definition) is 3. The summed E-state index contributed by atoms with van der Waals surface area (Å²) in [5, 5.41) is 10.6. The van der Waals surface area contributed by atoms with E-state index in [0.717, 1.165) is 36.4 Å². The third kappa shape index (κ3) is 4.81. The predicted octanol–water partition coefficient (Wildman–Crippen LogP) is 4.03. The van der Waals surface area contributed by atoms with Crippen LogP contribution < -0.4 is 4.74 Å². The zero-order chi connectivity index (χ0) is 16.7. The molecule has 3 heteroatoms. The molecular weight excluding hydrogens is 286 g/mol. The molecule has 0 fully saturated rings. The van der Waals surface area contributed by atoms with Crippen molar-refractivity contribution >= 4 is 0 Å². The number of aliphatic hydroxyl groups excluding tert-OH is 1. The van der Waals surface area contributed by atoms with Gasteiger partial charge in [0.2, 0.25) is 0 Å². The van der Waals surface area contributed by atoms with Gasteiger partial charge in [0.05, 0.1) is 12.7 Å². The van der Waals surface area contributed by atoms with Crippen LogP contribution in [0.5, 0.6) is 5.75 Å². The lowest BCUT2D eigenvalue weighted by atomic mass is 10.0. The minimum absolute atomic E-state index is 0.0108. The summed E-state index contributed by atoms with van der Waals surface area (Å²) >= 11 is 0. The molecule has 0 radical (unpaired) electrons. The van der Waals surface area contributed by atoms with Crippen molar-refractivity contribution in [3.05, 3.63) is 65.7 Å². The van der Waals surface area contributed by atoms with Gasteiger partial charge in [-0.25, -0.2) is 0 Å². The highest BCUT2D eigenvalue weighted by atomic mass is 16.5. The molecule has 2 rings (SSSR count). The van der Waals surface area contributed by atoms with Crippen molar-refractivity contribution < 1.29 is 9.84 Å².